The summed E-state index contributed by atoms with van der Waals surface area (Å²) in [6.45, 7) is 1.35. The second-order valence-electron chi connectivity index (χ2n) is 4.38. The molecular formula is C15H15N3O2. The maximum Gasteiger partial charge on any atom is 0.211 e. The number of carbonyl (C=O) groups excluding carboxylic acids is 1. The van der Waals surface area contributed by atoms with E-state index in [9.17, 15) is 4.79 Å². The molecule has 2 heterocycles. The molecule has 20 heavy (non-hydrogen) atoms. The quantitative estimate of drug-likeness (QED) is 0.721. The van der Waals surface area contributed by atoms with Crippen molar-refractivity contribution in [2.24, 2.45) is 0 Å². The number of aromatic nitrogens is 1. The molecule has 0 atom stereocenters. The van der Waals surface area contributed by atoms with Crippen LogP contribution < -0.4 is 0 Å². The number of nitriles is 1. The van der Waals surface area contributed by atoms with E-state index in [1.54, 1.807) is 24.5 Å². The predicted octanol–water partition coefficient (Wildman–Crippen LogP) is 2.27. The van der Waals surface area contributed by atoms with Crippen LogP contribution in [0, 0.1) is 11.3 Å². The molecule has 0 aromatic carbocycles. The van der Waals surface area contributed by atoms with Crippen molar-refractivity contribution in [2.75, 3.05) is 13.1 Å². The van der Waals surface area contributed by atoms with Crippen LogP contribution in [0.25, 0.3) is 0 Å². The number of hydrogen-bond donors (Lipinski definition) is 0. The first-order valence-corrected chi connectivity index (χ1v) is 6.34. The molecule has 0 unspecified atom stereocenters. The summed E-state index contributed by atoms with van der Waals surface area (Å²) in [5.41, 5.74) is 1.01. The Balaban J connectivity index is 2.00. The molecule has 2 rings (SSSR count). The summed E-state index contributed by atoms with van der Waals surface area (Å²) in [5, 5.41) is 8.71. The van der Waals surface area contributed by atoms with Crippen LogP contribution in [0.3, 0.4) is 0 Å². The molecule has 2 aromatic rings. The predicted molar refractivity (Wildman–Crippen MR) is 72.8 cm³/mol. The van der Waals surface area contributed by atoms with Crippen LogP contribution in [0.2, 0.25) is 0 Å². The number of ketones is 1. The molecule has 0 fully saturated rings. The number of pyridine rings is 1. The Morgan fingerprint density at radius 3 is 2.95 bits per heavy atom. The second kappa shape index (κ2) is 7.22. The molecular weight excluding hydrogens is 254 g/mol. The van der Waals surface area contributed by atoms with E-state index in [0.717, 1.165) is 5.56 Å². The van der Waals surface area contributed by atoms with Gasteiger partial charge in [0.15, 0.2) is 5.76 Å². The van der Waals surface area contributed by atoms with Crippen molar-refractivity contribution in [2.45, 2.75) is 13.0 Å². The Bertz CT molecular complexity index is 573. The van der Waals surface area contributed by atoms with E-state index in [0.29, 0.717) is 25.3 Å². The number of Topliss-reactive ketones (excluding diaryl/α,β-unsaturated/α-hetero) is 1. The first-order valence-electron chi connectivity index (χ1n) is 6.34. The Labute approximate surface area is 117 Å². The minimum absolute atomic E-state index is 0.0863. The lowest BCUT2D eigenvalue weighted by molar-refractivity contribution is 0.0899. The highest BCUT2D eigenvalue weighted by molar-refractivity contribution is 5.94. The zero-order chi connectivity index (χ0) is 14.2. The van der Waals surface area contributed by atoms with Gasteiger partial charge in [0.25, 0.3) is 0 Å². The van der Waals surface area contributed by atoms with Gasteiger partial charge in [0.2, 0.25) is 5.78 Å². The molecule has 0 aliphatic rings. The van der Waals surface area contributed by atoms with Crippen LogP contribution in [-0.2, 0) is 6.54 Å². The number of carbonyl (C=O) groups is 1. The summed E-state index contributed by atoms with van der Waals surface area (Å²) in [6, 6.07) is 9.24. The molecule has 0 aliphatic carbocycles. The van der Waals surface area contributed by atoms with E-state index in [4.69, 9.17) is 9.68 Å². The van der Waals surface area contributed by atoms with Crippen molar-refractivity contribution in [3.63, 3.8) is 0 Å². The fraction of sp³-hybridized carbons (Fsp3) is 0.267. The van der Waals surface area contributed by atoms with E-state index in [2.05, 4.69) is 11.1 Å². The van der Waals surface area contributed by atoms with E-state index in [1.165, 1.54) is 6.26 Å². The summed E-state index contributed by atoms with van der Waals surface area (Å²) < 4.78 is 5.10. The summed E-state index contributed by atoms with van der Waals surface area (Å²) in [4.78, 5) is 18.0. The van der Waals surface area contributed by atoms with Crippen molar-refractivity contribution in [1.82, 2.24) is 9.88 Å². The summed E-state index contributed by atoms with van der Waals surface area (Å²) in [6.07, 6.45) is 5.33. The number of rotatable bonds is 7. The summed E-state index contributed by atoms with van der Waals surface area (Å²) in [5.74, 6) is 0.259. The lowest BCUT2D eigenvalue weighted by atomic mass is 10.2. The van der Waals surface area contributed by atoms with Crippen molar-refractivity contribution >= 4 is 5.78 Å². The van der Waals surface area contributed by atoms with Crippen LogP contribution in [-0.4, -0.2) is 28.8 Å². The highest BCUT2D eigenvalue weighted by Crippen LogP contribution is 2.07. The van der Waals surface area contributed by atoms with Gasteiger partial charge in [-0.3, -0.25) is 14.7 Å². The molecule has 0 N–H and O–H groups in total. The Morgan fingerprint density at radius 1 is 1.40 bits per heavy atom. The highest BCUT2D eigenvalue weighted by Gasteiger charge is 2.15. The maximum absolute atomic E-state index is 12.0. The Kier molecular flexibility index (Phi) is 5.04. The minimum atomic E-state index is -0.0863. The standard InChI is InChI=1S/C15H15N3O2/c16-6-3-8-18(11-13-4-1-7-17-10-13)12-14(19)15-5-2-9-20-15/h1-2,4-5,7,9-10H,3,8,11-12H2. The SMILES string of the molecule is N#CCCN(CC(=O)c1ccco1)Cc1cccnc1. The molecule has 5 heteroatoms. The Hall–Kier alpha value is -2.45. The van der Waals surface area contributed by atoms with Gasteiger partial charge in [-0.15, -0.1) is 0 Å². The lowest BCUT2D eigenvalue weighted by Gasteiger charge is -2.19. The monoisotopic (exact) mass is 269 g/mol. The lowest BCUT2D eigenvalue weighted by Crippen LogP contribution is -2.30. The topological polar surface area (TPSA) is 70.1 Å². The highest BCUT2D eigenvalue weighted by atomic mass is 16.3. The Morgan fingerprint density at radius 2 is 2.30 bits per heavy atom. The van der Waals surface area contributed by atoms with Gasteiger partial charge >= 0.3 is 0 Å². The molecule has 0 spiro atoms. The third-order valence-corrected chi connectivity index (χ3v) is 2.83. The molecule has 0 amide bonds. The van der Waals surface area contributed by atoms with E-state index in [-0.39, 0.29) is 12.3 Å². The molecule has 0 saturated carbocycles. The van der Waals surface area contributed by atoms with Crippen molar-refractivity contribution in [3.8, 4) is 6.07 Å². The van der Waals surface area contributed by atoms with Crippen LogP contribution in [0.1, 0.15) is 22.5 Å². The maximum atomic E-state index is 12.0. The summed E-state index contributed by atoms with van der Waals surface area (Å²) in [7, 11) is 0. The first-order chi connectivity index (χ1) is 9.79. The second-order valence-corrected chi connectivity index (χ2v) is 4.38. The molecule has 0 bridgehead atoms. The van der Waals surface area contributed by atoms with Crippen LogP contribution in [0.4, 0.5) is 0 Å². The molecule has 0 radical (unpaired) electrons. The first kappa shape index (κ1) is 14.0. The van der Waals surface area contributed by atoms with Crippen molar-refractivity contribution in [1.29, 1.82) is 5.26 Å². The fourth-order valence-electron chi connectivity index (χ4n) is 1.89. The largest absolute Gasteiger partial charge is 0.461 e. The number of nitrogens with zero attached hydrogens (tertiary/aromatic N) is 3. The van der Waals surface area contributed by atoms with Crippen LogP contribution in [0.15, 0.2) is 47.3 Å². The molecule has 0 aliphatic heterocycles. The molecule has 0 saturated heterocycles. The minimum Gasteiger partial charge on any atom is -0.461 e. The van der Waals surface area contributed by atoms with E-state index >= 15 is 0 Å². The number of hydrogen-bond acceptors (Lipinski definition) is 5. The molecule has 102 valence electrons. The van der Waals surface area contributed by atoms with Gasteiger partial charge in [0.1, 0.15) is 0 Å². The normalized spacial score (nSPS) is 10.4. The average molecular weight is 269 g/mol. The fourth-order valence-corrected chi connectivity index (χ4v) is 1.89. The third kappa shape index (κ3) is 4.04. The number of furan rings is 1. The van der Waals surface area contributed by atoms with Gasteiger partial charge in [-0.25, -0.2) is 0 Å². The van der Waals surface area contributed by atoms with Crippen molar-refractivity contribution < 1.29 is 9.21 Å². The zero-order valence-electron chi connectivity index (χ0n) is 11.0. The van der Waals surface area contributed by atoms with Crippen LogP contribution in [0.5, 0.6) is 0 Å². The van der Waals surface area contributed by atoms with Gasteiger partial charge in [0.05, 0.1) is 18.9 Å². The van der Waals surface area contributed by atoms with Gasteiger partial charge in [-0.05, 0) is 23.8 Å². The zero-order valence-corrected chi connectivity index (χ0v) is 11.0. The molecule has 2 aromatic heterocycles. The summed E-state index contributed by atoms with van der Waals surface area (Å²) >= 11 is 0. The van der Waals surface area contributed by atoms with Gasteiger partial charge in [-0.2, -0.15) is 5.26 Å². The van der Waals surface area contributed by atoms with Crippen molar-refractivity contribution in [3.05, 3.63) is 54.2 Å². The van der Waals surface area contributed by atoms with E-state index < -0.39 is 0 Å². The van der Waals surface area contributed by atoms with E-state index in [1.807, 2.05) is 17.0 Å². The van der Waals surface area contributed by atoms with Crippen LogP contribution >= 0.6 is 0 Å². The van der Waals surface area contributed by atoms with Gasteiger partial charge in [-0.1, -0.05) is 6.07 Å². The average Bonchev–Trinajstić information content (AvgIpc) is 3.00. The smallest absolute Gasteiger partial charge is 0.211 e. The molecule has 5 nitrogen and oxygen atoms in total. The van der Waals surface area contributed by atoms with Gasteiger partial charge in [0, 0.05) is 31.9 Å². The van der Waals surface area contributed by atoms with Gasteiger partial charge < -0.3 is 4.42 Å². The third-order valence-electron chi connectivity index (χ3n) is 2.83.